The van der Waals surface area contributed by atoms with Crippen molar-refractivity contribution in [1.82, 2.24) is 15.5 Å². The predicted octanol–water partition coefficient (Wildman–Crippen LogP) is 2.66. The Morgan fingerprint density at radius 3 is 2.55 bits per heavy atom. The van der Waals surface area contributed by atoms with Gasteiger partial charge in [-0.1, -0.05) is 41.6 Å². The zero-order chi connectivity index (χ0) is 23.2. The lowest BCUT2D eigenvalue weighted by Crippen LogP contribution is -2.48. The average molecular weight is 451 g/mol. The molecule has 2 atom stereocenters. The van der Waals surface area contributed by atoms with Crippen molar-refractivity contribution in [2.45, 2.75) is 50.9 Å². The minimum atomic E-state index is -0.578. The van der Waals surface area contributed by atoms with Gasteiger partial charge in [-0.15, -0.1) is 0 Å². The van der Waals surface area contributed by atoms with Crippen LogP contribution in [0.25, 0.3) is 0 Å². The number of carbonyl (C=O) groups is 2. The van der Waals surface area contributed by atoms with Gasteiger partial charge in [-0.3, -0.25) is 9.59 Å². The van der Waals surface area contributed by atoms with E-state index in [4.69, 9.17) is 4.74 Å². The van der Waals surface area contributed by atoms with E-state index in [1.165, 1.54) is 11.1 Å². The van der Waals surface area contributed by atoms with Crippen LogP contribution in [-0.4, -0.2) is 54.5 Å². The van der Waals surface area contributed by atoms with Gasteiger partial charge in [0.05, 0.1) is 5.56 Å². The maximum absolute atomic E-state index is 12.9. The van der Waals surface area contributed by atoms with Gasteiger partial charge in [0.1, 0.15) is 17.9 Å². The van der Waals surface area contributed by atoms with Crippen LogP contribution < -0.4 is 15.4 Å². The summed E-state index contributed by atoms with van der Waals surface area (Å²) in [4.78, 5) is 37.9. The van der Waals surface area contributed by atoms with Gasteiger partial charge in [-0.05, 0) is 29.7 Å². The number of carbonyl (C=O) groups excluding carboxylic acids is 2. The van der Waals surface area contributed by atoms with E-state index in [-0.39, 0.29) is 30.5 Å². The quantitative estimate of drug-likeness (QED) is 0.632. The van der Waals surface area contributed by atoms with Gasteiger partial charge in [0.25, 0.3) is 5.91 Å². The number of amides is 2. The van der Waals surface area contributed by atoms with Gasteiger partial charge >= 0.3 is 0 Å². The van der Waals surface area contributed by atoms with E-state index in [9.17, 15) is 14.5 Å². The highest BCUT2D eigenvalue weighted by Crippen LogP contribution is 2.24. The molecule has 2 amide bonds. The molecule has 2 heterocycles. The highest BCUT2D eigenvalue weighted by molar-refractivity contribution is 5.96. The molecule has 0 unspecified atom stereocenters. The Balaban J connectivity index is 1.35. The van der Waals surface area contributed by atoms with Crippen molar-refractivity contribution < 1.29 is 14.3 Å². The van der Waals surface area contributed by atoms with Crippen molar-refractivity contribution in [3.63, 3.8) is 0 Å². The summed E-state index contributed by atoms with van der Waals surface area (Å²) in [5.74, 6) is 0.288. The summed E-state index contributed by atoms with van der Waals surface area (Å²) in [6, 6.07) is 14.5. The minimum absolute atomic E-state index is 0.0505. The second-order valence-electron chi connectivity index (χ2n) is 8.66. The third-order valence-corrected chi connectivity index (χ3v) is 6.50. The molecule has 4 rings (SSSR count). The van der Waals surface area contributed by atoms with E-state index in [0.717, 1.165) is 12.8 Å². The van der Waals surface area contributed by atoms with E-state index in [1.54, 1.807) is 25.1 Å². The number of piperidine rings is 1. The minimum Gasteiger partial charge on any atom is -0.489 e. The fourth-order valence-electron chi connectivity index (χ4n) is 4.52. The number of ether oxygens (including phenoxy) is 1. The highest BCUT2D eigenvalue weighted by Gasteiger charge is 2.28. The molecule has 0 bridgehead atoms. The van der Waals surface area contributed by atoms with Crippen LogP contribution in [0.15, 0.2) is 53.7 Å². The number of likely N-dealkylation sites (tertiary alicyclic amines) is 1. The third-order valence-electron chi connectivity index (χ3n) is 6.50. The van der Waals surface area contributed by atoms with Gasteiger partial charge in [-0.25, -0.2) is 0 Å². The summed E-state index contributed by atoms with van der Waals surface area (Å²) in [6.07, 6.45) is 2.09. The summed E-state index contributed by atoms with van der Waals surface area (Å²) in [6.45, 7) is 3.70. The molecule has 8 heteroatoms. The van der Waals surface area contributed by atoms with Gasteiger partial charge < -0.3 is 20.3 Å². The lowest BCUT2D eigenvalue weighted by Gasteiger charge is -2.32. The normalized spacial score (nSPS) is 19.3. The average Bonchev–Trinajstić information content (AvgIpc) is 2.85. The number of para-hydroxylation sites is 1. The number of rotatable bonds is 7. The fraction of sp³-hybridized carbons (Fsp3) is 0.440. The lowest BCUT2D eigenvalue weighted by atomic mass is 9.92. The Morgan fingerprint density at radius 2 is 1.82 bits per heavy atom. The van der Waals surface area contributed by atoms with Gasteiger partial charge in [0, 0.05) is 52.0 Å². The Morgan fingerprint density at radius 1 is 1.12 bits per heavy atom. The fourth-order valence-corrected chi connectivity index (χ4v) is 4.52. The van der Waals surface area contributed by atoms with Gasteiger partial charge in [0.2, 0.25) is 5.91 Å². The SMILES string of the molecule is CC(=O)N1CCC(Oc2ccccc2C(=O)NC[C@@H](N=O)[C@@H]2Cc3ccccc3CN2)CC1. The van der Waals surface area contributed by atoms with Crippen molar-refractivity contribution in [2.24, 2.45) is 5.18 Å². The molecule has 1 saturated heterocycles. The summed E-state index contributed by atoms with van der Waals surface area (Å²) in [5, 5.41) is 9.53. The first-order chi connectivity index (χ1) is 16.0. The molecule has 2 aliphatic heterocycles. The summed E-state index contributed by atoms with van der Waals surface area (Å²) in [5.41, 5.74) is 2.86. The standard InChI is InChI=1S/C25H30N4O4/c1-17(30)29-12-10-20(11-13-29)33-24-9-5-4-8-21(24)25(31)27-16-23(28-32)22-14-18-6-2-3-7-19(18)15-26-22/h2-9,20,22-23,26H,10-16H2,1H3,(H,27,31)/t22-,23+/m0/s1. The molecule has 0 spiro atoms. The Kier molecular flexibility index (Phi) is 7.34. The number of hydrogen-bond donors (Lipinski definition) is 2. The summed E-state index contributed by atoms with van der Waals surface area (Å²) in [7, 11) is 0. The maximum atomic E-state index is 12.9. The third kappa shape index (κ3) is 5.57. The van der Waals surface area contributed by atoms with Gasteiger partial charge in [-0.2, -0.15) is 4.91 Å². The summed E-state index contributed by atoms with van der Waals surface area (Å²) < 4.78 is 6.13. The molecule has 0 radical (unpaired) electrons. The molecule has 2 aromatic rings. The molecule has 0 aliphatic carbocycles. The Bertz CT molecular complexity index is 1000. The number of nitrogens with zero attached hydrogens (tertiary/aromatic N) is 2. The van der Waals surface area contributed by atoms with Crippen LogP contribution in [-0.2, 0) is 17.8 Å². The van der Waals surface area contributed by atoms with Crippen LogP contribution in [0.4, 0.5) is 0 Å². The molecule has 8 nitrogen and oxygen atoms in total. The molecule has 2 aromatic carbocycles. The number of benzene rings is 2. The molecule has 2 aliphatic rings. The topological polar surface area (TPSA) is 100 Å². The van der Waals surface area contributed by atoms with Crippen LogP contribution in [0.2, 0.25) is 0 Å². The van der Waals surface area contributed by atoms with Crippen LogP contribution in [0.3, 0.4) is 0 Å². The van der Waals surface area contributed by atoms with E-state index >= 15 is 0 Å². The second-order valence-corrected chi connectivity index (χ2v) is 8.66. The zero-order valence-electron chi connectivity index (χ0n) is 18.8. The number of fused-ring (bicyclic) bond motifs is 1. The Hall–Kier alpha value is -3.26. The van der Waals surface area contributed by atoms with Gasteiger partial charge in [0.15, 0.2) is 0 Å². The molecular formula is C25H30N4O4. The monoisotopic (exact) mass is 450 g/mol. The molecule has 1 fully saturated rings. The van der Waals surface area contributed by atoms with Crippen molar-refractivity contribution in [2.75, 3.05) is 19.6 Å². The van der Waals surface area contributed by atoms with E-state index in [0.29, 0.717) is 37.4 Å². The first-order valence-electron chi connectivity index (χ1n) is 11.5. The molecule has 0 saturated carbocycles. The highest BCUT2D eigenvalue weighted by atomic mass is 16.5. The molecule has 174 valence electrons. The van der Waals surface area contributed by atoms with Crippen molar-refractivity contribution >= 4 is 11.8 Å². The van der Waals surface area contributed by atoms with Crippen molar-refractivity contribution in [1.29, 1.82) is 0 Å². The van der Waals surface area contributed by atoms with Crippen molar-refractivity contribution in [3.8, 4) is 5.75 Å². The van der Waals surface area contributed by atoms with Crippen LogP contribution >= 0.6 is 0 Å². The number of nitrogens with one attached hydrogen (secondary N) is 2. The molecule has 33 heavy (non-hydrogen) atoms. The predicted molar refractivity (Wildman–Crippen MR) is 125 cm³/mol. The van der Waals surface area contributed by atoms with E-state index in [2.05, 4.69) is 27.9 Å². The first kappa shape index (κ1) is 22.9. The largest absolute Gasteiger partial charge is 0.489 e. The van der Waals surface area contributed by atoms with E-state index < -0.39 is 6.04 Å². The second kappa shape index (κ2) is 10.6. The summed E-state index contributed by atoms with van der Waals surface area (Å²) >= 11 is 0. The maximum Gasteiger partial charge on any atom is 0.255 e. The number of hydrogen-bond acceptors (Lipinski definition) is 6. The molecular weight excluding hydrogens is 420 g/mol. The zero-order valence-corrected chi connectivity index (χ0v) is 18.8. The smallest absolute Gasteiger partial charge is 0.255 e. The van der Waals surface area contributed by atoms with Crippen LogP contribution in [0.5, 0.6) is 5.75 Å². The Labute approximate surface area is 193 Å². The van der Waals surface area contributed by atoms with E-state index in [1.807, 2.05) is 23.1 Å². The lowest BCUT2D eigenvalue weighted by molar-refractivity contribution is -0.130. The van der Waals surface area contributed by atoms with Crippen LogP contribution in [0.1, 0.15) is 41.3 Å². The van der Waals surface area contributed by atoms with Crippen molar-refractivity contribution in [3.05, 3.63) is 70.1 Å². The van der Waals surface area contributed by atoms with Crippen LogP contribution in [0, 0.1) is 4.91 Å². The molecule has 2 N–H and O–H groups in total. The first-order valence-corrected chi connectivity index (χ1v) is 11.5. The number of nitroso groups, excluding NO2 is 1. The molecule has 0 aromatic heterocycles.